The van der Waals surface area contributed by atoms with Crippen LogP contribution in [0.1, 0.15) is 26.3 Å². The predicted octanol–water partition coefficient (Wildman–Crippen LogP) is 2.98. The van der Waals surface area contributed by atoms with Gasteiger partial charge in [-0.05, 0) is 38.5 Å². The van der Waals surface area contributed by atoms with Crippen LogP contribution < -0.4 is 4.72 Å². The maximum atomic E-state index is 12.3. The minimum absolute atomic E-state index is 0.0202. The van der Waals surface area contributed by atoms with Gasteiger partial charge in [0, 0.05) is 12.7 Å². The average Bonchev–Trinajstić information content (AvgIpc) is 2.50. The van der Waals surface area contributed by atoms with Crippen LogP contribution in [0.5, 0.6) is 0 Å². The first-order valence-electron chi connectivity index (χ1n) is 7.41. The summed E-state index contributed by atoms with van der Waals surface area (Å²) in [5.41, 5.74) is -0.180. The molecule has 0 saturated carbocycles. The van der Waals surface area contributed by atoms with E-state index in [2.05, 4.69) is 4.99 Å². The van der Waals surface area contributed by atoms with Crippen molar-refractivity contribution in [2.75, 3.05) is 11.8 Å². The van der Waals surface area contributed by atoms with Crippen LogP contribution in [0, 0.1) is 0 Å². The van der Waals surface area contributed by atoms with Gasteiger partial charge in [0.05, 0.1) is 0 Å². The largest absolute Gasteiger partial charge is 0.442 e. The summed E-state index contributed by atoms with van der Waals surface area (Å²) in [6, 6.07) is 5.51. The monoisotopic (exact) mass is 393 g/mol. The summed E-state index contributed by atoms with van der Waals surface area (Å²) < 4.78 is 53.8. The van der Waals surface area contributed by atoms with E-state index in [1.54, 1.807) is 25.5 Å². The Morgan fingerprint density at radius 2 is 1.88 bits per heavy atom. The molecule has 0 aromatic heterocycles. The van der Waals surface area contributed by atoms with Crippen LogP contribution in [0.25, 0.3) is 0 Å². The van der Waals surface area contributed by atoms with Gasteiger partial charge in [-0.2, -0.15) is 8.78 Å². The third kappa shape index (κ3) is 7.31. The van der Waals surface area contributed by atoms with E-state index >= 15 is 0 Å². The summed E-state index contributed by atoms with van der Waals surface area (Å²) in [6.07, 6.45) is 0.378. The fourth-order valence-electron chi connectivity index (χ4n) is 1.57. The predicted molar refractivity (Wildman–Crippen MR) is 92.3 cm³/mol. The molecule has 0 heterocycles. The van der Waals surface area contributed by atoms with E-state index < -0.39 is 27.5 Å². The first-order valence-corrected chi connectivity index (χ1v) is 8.95. The molecule has 0 aliphatic carbocycles. The lowest BCUT2D eigenvalue weighted by Crippen LogP contribution is -2.36. The molecule has 26 heavy (non-hydrogen) atoms. The second-order valence-corrected chi connectivity index (χ2v) is 7.71. The Kier molecular flexibility index (Phi) is 7.45. The number of nitrogens with zero attached hydrogens (tertiary/aromatic N) is 2. The van der Waals surface area contributed by atoms with Crippen LogP contribution in [0.15, 0.2) is 29.3 Å². The number of carbonyl (C=O) groups excluding carboxylic acids is 1. The smallest absolute Gasteiger partial charge is 0.440 e. The first kappa shape index (κ1) is 21.8. The maximum absolute atomic E-state index is 12.3. The normalized spacial score (nSPS) is 12.4. The zero-order valence-corrected chi connectivity index (χ0v) is 15.6. The molecule has 0 atom stereocenters. The van der Waals surface area contributed by atoms with Gasteiger partial charge in [0.25, 0.3) is 10.0 Å². The van der Waals surface area contributed by atoms with E-state index in [-0.39, 0.29) is 12.3 Å². The lowest BCUT2D eigenvalue weighted by Gasteiger charge is -2.24. The van der Waals surface area contributed by atoms with E-state index in [0.717, 1.165) is 11.4 Å². The number of nitrogens with one attached hydrogen (secondary N) is 1. The first-order chi connectivity index (χ1) is 11.9. The van der Waals surface area contributed by atoms with Crippen LogP contribution in [0.4, 0.5) is 19.3 Å². The highest BCUT2D eigenvalue weighted by atomic mass is 32.2. The highest BCUT2D eigenvalue weighted by molar-refractivity contribution is 7.93. The number of hydrogen-bond acceptors (Lipinski definition) is 6. The number of hydroxylamine groups is 2. The topological polar surface area (TPSA) is 97.3 Å². The van der Waals surface area contributed by atoms with Gasteiger partial charge in [0.1, 0.15) is 18.5 Å². The van der Waals surface area contributed by atoms with Gasteiger partial charge in [-0.25, -0.2) is 13.2 Å². The number of sulfonamides is 1. The average molecular weight is 393 g/mol. The van der Waals surface area contributed by atoms with Crippen LogP contribution >= 0.6 is 0 Å². The fraction of sp³-hybridized carbons (Fsp3) is 0.467. The lowest BCUT2D eigenvalue weighted by molar-refractivity contribution is -0.105. The van der Waals surface area contributed by atoms with Gasteiger partial charge in [0.2, 0.25) is 0 Å². The van der Waals surface area contributed by atoms with E-state index in [1.807, 2.05) is 0 Å². The van der Waals surface area contributed by atoms with Crippen molar-refractivity contribution in [1.82, 2.24) is 5.06 Å². The molecular weight excluding hydrogens is 372 g/mol. The van der Waals surface area contributed by atoms with Crippen molar-refractivity contribution in [1.29, 1.82) is 0 Å². The number of halogens is 2. The highest BCUT2D eigenvalue weighted by Crippen LogP contribution is 2.16. The van der Waals surface area contributed by atoms with Crippen LogP contribution in [-0.2, 0) is 26.2 Å². The SMILES string of the molecule is CN=CN(OCc1ccc(NS(=O)(=O)C(F)F)cc1)C(=O)OC(C)(C)C. The number of carbonyl (C=O) groups is 1. The van der Waals surface area contributed by atoms with Crippen LogP contribution in [-0.4, -0.2) is 44.3 Å². The standard InChI is InChI=1S/C15H21F2N3O5S/c1-15(2,3)25-14(21)20(10-18-4)24-9-11-5-7-12(8-6-11)19-26(22,23)13(16)17/h5-8,10,13,19H,9H2,1-4H3. The van der Waals surface area contributed by atoms with Crippen LogP contribution in [0.3, 0.4) is 0 Å². The van der Waals surface area contributed by atoms with E-state index in [9.17, 15) is 22.0 Å². The second kappa shape index (κ2) is 8.90. The molecular formula is C15H21F2N3O5S. The summed E-state index contributed by atoms with van der Waals surface area (Å²) >= 11 is 0. The Bertz CT molecular complexity index is 731. The number of hydrogen-bond donors (Lipinski definition) is 1. The van der Waals surface area contributed by atoms with Gasteiger partial charge >= 0.3 is 11.9 Å². The number of anilines is 1. The van der Waals surface area contributed by atoms with Crippen molar-refractivity contribution in [2.24, 2.45) is 4.99 Å². The van der Waals surface area contributed by atoms with Crippen molar-refractivity contribution in [3.63, 3.8) is 0 Å². The molecule has 11 heteroatoms. The molecule has 0 bridgehead atoms. The Morgan fingerprint density at radius 1 is 1.31 bits per heavy atom. The van der Waals surface area contributed by atoms with Crippen molar-refractivity contribution in [2.45, 2.75) is 38.7 Å². The molecule has 1 amide bonds. The molecule has 1 aromatic carbocycles. The van der Waals surface area contributed by atoms with E-state index in [4.69, 9.17) is 9.57 Å². The molecule has 0 fully saturated rings. The second-order valence-electron chi connectivity index (χ2n) is 6.06. The fourth-order valence-corrected chi connectivity index (χ4v) is 2.12. The molecule has 1 N–H and O–H groups in total. The zero-order valence-electron chi connectivity index (χ0n) is 14.8. The molecule has 0 radical (unpaired) electrons. The third-order valence-corrected chi connectivity index (χ3v) is 3.60. The van der Waals surface area contributed by atoms with Crippen LogP contribution in [0.2, 0.25) is 0 Å². The number of ether oxygens (including phenoxy) is 1. The summed E-state index contributed by atoms with van der Waals surface area (Å²) in [6.45, 7) is 5.04. The number of aliphatic imine (C=N–C) groups is 1. The van der Waals surface area contributed by atoms with E-state index in [0.29, 0.717) is 5.56 Å². The molecule has 0 aliphatic heterocycles. The van der Waals surface area contributed by atoms with Gasteiger partial charge in [-0.15, -0.1) is 5.06 Å². The molecule has 0 spiro atoms. The minimum Gasteiger partial charge on any atom is -0.442 e. The molecule has 1 aromatic rings. The molecule has 1 rings (SSSR count). The maximum Gasteiger partial charge on any atom is 0.440 e. The van der Waals surface area contributed by atoms with Crippen molar-refractivity contribution >= 4 is 28.1 Å². The molecule has 0 aliphatic rings. The Labute approximate surface area is 150 Å². The molecule has 8 nitrogen and oxygen atoms in total. The van der Waals surface area contributed by atoms with Gasteiger partial charge < -0.3 is 4.74 Å². The molecule has 0 saturated heterocycles. The van der Waals surface area contributed by atoms with Crippen molar-refractivity contribution in [3.05, 3.63) is 29.8 Å². The number of amides is 1. The number of benzene rings is 1. The minimum atomic E-state index is -4.73. The number of alkyl halides is 2. The quantitative estimate of drug-likeness (QED) is 0.436. The Hall–Kier alpha value is -2.27. The van der Waals surface area contributed by atoms with E-state index in [1.165, 1.54) is 31.3 Å². The molecule has 0 unspecified atom stereocenters. The Morgan fingerprint density at radius 3 is 2.35 bits per heavy atom. The number of rotatable bonds is 7. The lowest BCUT2D eigenvalue weighted by atomic mass is 10.2. The van der Waals surface area contributed by atoms with Crippen molar-refractivity contribution < 1.29 is 31.6 Å². The third-order valence-electron chi connectivity index (χ3n) is 2.61. The van der Waals surface area contributed by atoms with Gasteiger partial charge in [-0.3, -0.25) is 14.6 Å². The Balaban J connectivity index is 2.72. The summed E-state index contributed by atoms with van der Waals surface area (Å²) in [4.78, 5) is 21.0. The van der Waals surface area contributed by atoms with Gasteiger partial charge in [0.15, 0.2) is 0 Å². The van der Waals surface area contributed by atoms with Gasteiger partial charge in [-0.1, -0.05) is 12.1 Å². The van der Waals surface area contributed by atoms with Crippen molar-refractivity contribution in [3.8, 4) is 0 Å². The molecule has 146 valence electrons. The summed E-state index contributed by atoms with van der Waals surface area (Å²) in [7, 11) is -3.28. The summed E-state index contributed by atoms with van der Waals surface area (Å²) in [5, 5.41) is 0.818. The summed E-state index contributed by atoms with van der Waals surface area (Å²) in [5.74, 6) is -3.53. The zero-order chi connectivity index (χ0) is 20.0. The highest BCUT2D eigenvalue weighted by Gasteiger charge is 2.24.